The van der Waals surface area contributed by atoms with Crippen LogP contribution in [-0.4, -0.2) is 37.9 Å². The van der Waals surface area contributed by atoms with Crippen molar-refractivity contribution >= 4 is 12.0 Å². The number of alkyl carbamates (subject to hydrolysis) is 1. The van der Waals surface area contributed by atoms with Crippen molar-refractivity contribution in [1.29, 1.82) is 0 Å². The molecule has 1 aromatic carbocycles. The van der Waals surface area contributed by atoms with Crippen LogP contribution in [-0.2, 0) is 16.0 Å². The first-order valence-electron chi connectivity index (χ1n) is 7.06. The van der Waals surface area contributed by atoms with E-state index in [1.54, 1.807) is 0 Å². The van der Waals surface area contributed by atoms with Crippen LogP contribution in [0.25, 0.3) is 0 Å². The van der Waals surface area contributed by atoms with E-state index in [4.69, 9.17) is 0 Å². The van der Waals surface area contributed by atoms with Gasteiger partial charge in [-0.1, -0.05) is 29.8 Å². The quantitative estimate of drug-likeness (QED) is 0.805. The summed E-state index contributed by atoms with van der Waals surface area (Å²) >= 11 is 0. The van der Waals surface area contributed by atoms with Gasteiger partial charge in [0.15, 0.2) is 6.61 Å². The van der Waals surface area contributed by atoms with Gasteiger partial charge >= 0.3 is 12.3 Å². The number of benzene rings is 1. The van der Waals surface area contributed by atoms with Gasteiger partial charge in [-0.15, -0.1) is 0 Å². The van der Waals surface area contributed by atoms with Crippen molar-refractivity contribution in [2.24, 2.45) is 0 Å². The summed E-state index contributed by atoms with van der Waals surface area (Å²) in [5, 5.41) is 4.75. The highest BCUT2D eigenvalue weighted by Gasteiger charge is 2.29. The van der Waals surface area contributed by atoms with Gasteiger partial charge in [0.25, 0.3) is 0 Å². The van der Waals surface area contributed by atoms with E-state index in [-0.39, 0.29) is 18.9 Å². The van der Waals surface area contributed by atoms with Crippen LogP contribution in [0.1, 0.15) is 17.5 Å². The first-order valence-corrected chi connectivity index (χ1v) is 7.06. The van der Waals surface area contributed by atoms with E-state index in [1.807, 2.05) is 31.2 Å². The Kier molecular flexibility index (Phi) is 7.37. The number of rotatable bonds is 7. The van der Waals surface area contributed by atoms with Gasteiger partial charge in [-0.25, -0.2) is 4.79 Å². The lowest BCUT2D eigenvalue weighted by Crippen LogP contribution is -2.33. The summed E-state index contributed by atoms with van der Waals surface area (Å²) in [6.07, 6.45) is -5.12. The smallest absolute Gasteiger partial charge is 0.422 e. The maximum Gasteiger partial charge on any atom is 0.422 e. The third kappa shape index (κ3) is 9.38. The Bertz CT molecular complexity index is 533. The van der Waals surface area contributed by atoms with Gasteiger partial charge in [0.05, 0.1) is 0 Å². The molecule has 0 atom stereocenters. The fourth-order valence-corrected chi connectivity index (χ4v) is 1.78. The van der Waals surface area contributed by atoms with Crippen molar-refractivity contribution in [2.75, 3.05) is 19.7 Å². The number of nitrogens with one attached hydrogen (secondary N) is 2. The molecule has 0 unspecified atom stereocenters. The monoisotopic (exact) mass is 332 g/mol. The maximum absolute atomic E-state index is 11.8. The van der Waals surface area contributed by atoms with E-state index < -0.39 is 18.9 Å². The third-order valence-corrected chi connectivity index (χ3v) is 2.81. The molecule has 1 rings (SSSR count). The molecule has 2 amide bonds. The molecule has 128 valence electrons. The lowest BCUT2D eigenvalue weighted by molar-refractivity contribution is -0.160. The Morgan fingerprint density at radius 2 is 1.91 bits per heavy atom. The minimum absolute atomic E-state index is 0.0328. The molecule has 0 fully saturated rings. The highest BCUT2D eigenvalue weighted by Crippen LogP contribution is 2.14. The van der Waals surface area contributed by atoms with Gasteiger partial charge in [0, 0.05) is 19.5 Å². The third-order valence-electron chi connectivity index (χ3n) is 2.81. The molecule has 0 saturated heterocycles. The molecule has 8 heteroatoms. The molecule has 0 bridgehead atoms. The Morgan fingerprint density at radius 3 is 2.57 bits per heavy atom. The maximum atomic E-state index is 11.8. The van der Waals surface area contributed by atoms with E-state index in [0.29, 0.717) is 13.0 Å². The molecule has 5 nitrogen and oxygen atoms in total. The Morgan fingerprint density at radius 1 is 1.17 bits per heavy atom. The Labute approximate surface area is 132 Å². The second-order valence-electron chi connectivity index (χ2n) is 4.96. The Balaban J connectivity index is 2.11. The minimum atomic E-state index is -4.56. The Hall–Kier alpha value is -2.25. The molecule has 0 aliphatic heterocycles. The number of amides is 2. The average molecular weight is 332 g/mol. The van der Waals surface area contributed by atoms with Crippen molar-refractivity contribution in [3.05, 3.63) is 35.4 Å². The summed E-state index contributed by atoms with van der Waals surface area (Å²) in [6, 6.07) is 7.89. The van der Waals surface area contributed by atoms with E-state index in [1.165, 1.54) is 0 Å². The molecule has 0 aliphatic rings. The zero-order valence-electron chi connectivity index (χ0n) is 12.7. The number of halogens is 3. The van der Waals surface area contributed by atoms with Crippen LogP contribution in [0.4, 0.5) is 18.0 Å². The predicted octanol–water partition coefficient (Wildman–Crippen LogP) is 2.33. The molecule has 1 aromatic rings. The van der Waals surface area contributed by atoms with E-state index in [9.17, 15) is 22.8 Å². The van der Waals surface area contributed by atoms with Gasteiger partial charge in [-0.2, -0.15) is 13.2 Å². The molecular formula is C15H19F3N2O3. The minimum Gasteiger partial charge on any atom is -0.440 e. The summed E-state index contributed by atoms with van der Waals surface area (Å²) in [6.45, 7) is 0.681. The molecule has 0 aromatic heterocycles. The molecule has 0 heterocycles. The van der Waals surface area contributed by atoms with Gasteiger partial charge in [0.2, 0.25) is 5.91 Å². The largest absolute Gasteiger partial charge is 0.440 e. The van der Waals surface area contributed by atoms with Gasteiger partial charge in [-0.05, 0) is 18.9 Å². The number of alkyl halides is 3. The summed E-state index contributed by atoms with van der Waals surface area (Å²) in [7, 11) is 0. The molecule has 0 radical (unpaired) electrons. The van der Waals surface area contributed by atoms with Crippen LogP contribution in [0.2, 0.25) is 0 Å². The second-order valence-corrected chi connectivity index (χ2v) is 4.96. The van der Waals surface area contributed by atoms with E-state index >= 15 is 0 Å². The number of aryl methyl sites for hydroxylation is 1. The van der Waals surface area contributed by atoms with Crippen molar-refractivity contribution in [2.45, 2.75) is 25.9 Å². The zero-order chi connectivity index (χ0) is 17.3. The first kappa shape index (κ1) is 18.8. The van der Waals surface area contributed by atoms with Gasteiger partial charge in [0.1, 0.15) is 0 Å². The summed E-state index contributed by atoms with van der Waals surface area (Å²) < 4.78 is 39.3. The van der Waals surface area contributed by atoms with Crippen LogP contribution >= 0.6 is 0 Å². The molecule has 0 saturated carbocycles. The van der Waals surface area contributed by atoms with Crippen molar-refractivity contribution in [3.8, 4) is 0 Å². The van der Waals surface area contributed by atoms with Crippen LogP contribution in [0, 0.1) is 6.92 Å². The highest BCUT2D eigenvalue weighted by molar-refractivity contribution is 5.76. The molecule has 0 aliphatic carbocycles. The number of ether oxygens (including phenoxy) is 1. The summed E-state index contributed by atoms with van der Waals surface area (Å²) in [4.78, 5) is 22.5. The fourth-order valence-electron chi connectivity index (χ4n) is 1.78. The number of carbonyl (C=O) groups is 2. The fraction of sp³-hybridized carbons (Fsp3) is 0.467. The molecule has 0 spiro atoms. The van der Waals surface area contributed by atoms with Crippen molar-refractivity contribution in [3.63, 3.8) is 0 Å². The summed E-state index contributed by atoms with van der Waals surface area (Å²) in [5.74, 6) is -0.297. The van der Waals surface area contributed by atoms with Crippen molar-refractivity contribution < 1.29 is 27.5 Å². The normalized spacial score (nSPS) is 11.0. The van der Waals surface area contributed by atoms with Crippen molar-refractivity contribution in [1.82, 2.24) is 10.6 Å². The topological polar surface area (TPSA) is 67.4 Å². The highest BCUT2D eigenvalue weighted by atomic mass is 19.4. The van der Waals surface area contributed by atoms with Gasteiger partial charge < -0.3 is 15.4 Å². The molecule has 2 N–H and O–H groups in total. The number of carbonyl (C=O) groups excluding carboxylic acids is 2. The molecular weight excluding hydrogens is 313 g/mol. The standard InChI is InChI=1S/C15H19F3N2O3/c1-11-3-2-4-12(9-11)5-7-19-13(21)6-8-20-14(22)23-10-15(16,17)18/h2-4,9H,5-8,10H2,1H3,(H,19,21)(H,20,22). The van der Waals surface area contributed by atoms with Crippen LogP contribution in [0.3, 0.4) is 0 Å². The van der Waals surface area contributed by atoms with Crippen LogP contribution < -0.4 is 10.6 Å². The second kappa shape index (κ2) is 9.02. The van der Waals surface area contributed by atoms with E-state index in [2.05, 4.69) is 15.4 Å². The van der Waals surface area contributed by atoms with Gasteiger partial charge in [-0.3, -0.25) is 4.79 Å². The SMILES string of the molecule is Cc1cccc(CCNC(=O)CCNC(=O)OCC(F)(F)F)c1. The average Bonchev–Trinajstić information content (AvgIpc) is 2.44. The zero-order valence-corrected chi connectivity index (χ0v) is 12.7. The predicted molar refractivity (Wildman–Crippen MR) is 77.9 cm³/mol. The van der Waals surface area contributed by atoms with Crippen LogP contribution in [0.5, 0.6) is 0 Å². The first-order chi connectivity index (χ1) is 10.8. The lowest BCUT2D eigenvalue weighted by atomic mass is 10.1. The van der Waals surface area contributed by atoms with Crippen LogP contribution in [0.15, 0.2) is 24.3 Å². The number of hydrogen-bond donors (Lipinski definition) is 2. The van der Waals surface area contributed by atoms with E-state index in [0.717, 1.165) is 11.1 Å². The number of hydrogen-bond acceptors (Lipinski definition) is 3. The summed E-state index contributed by atoms with van der Waals surface area (Å²) in [5.41, 5.74) is 2.23. The lowest BCUT2D eigenvalue weighted by Gasteiger charge is -2.09. The molecule has 23 heavy (non-hydrogen) atoms.